The van der Waals surface area contributed by atoms with Crippen molar-refractivity contribution in [1.82, 2.24) is 20.2 Å². The Balaban J connectivity index is 1.38. The van der Waals surface area contributed by atoms with Gasteiger partial charge in [-0.05, 0) is 37.5 Å². The molecule has 34 heavy (non-hydrogen) atoms. The largest absolute Gasteiger partial charge is 0.493 e. The van der Waals surface area contributed by atoms with Crippen LogP contribution in [0.5, 0.6) is 11.5 Å². The van der Waals surface area contributed by atoms with E-state index in [9.17, 15) is 9.18 Å². The molecular weight excluding hydrogens is 484 g/mol. The Hall–Kier alpha value is -3.04. The van der Waals surface area contributed by atoms with E-state index >= 15 is 0 Å². The molecule has 2 amide bonds. The molecule has 0 saturated carbocycles. The number of carbonyl (C=O) groups is 1. The molecule has 1 aromatic heterocycles. The maximum atomic E-state index is 14.5. The fourth-order valence-corrected chi connectivity index (χ4v) is 4.79. The molecule has 0 unspecified atom stereocenters. The second-order valence-electron chi connectivity index (χ2n) is 8.27. The van der Waals surface area contributed by atoms with Crippen LogP contribution in [0.2, 0.25) is 10.0 Å². The highest BCUT2D eigenvalue weighted by Gasteiger charge is 2.36. The first-order valence-electron chi connectivity index (χ1n) is 10.9. The first-order valence-corrected chi connectivity index (χ1v) is 11.6. The van der Waals surface area contributed by atoms with Gasteiger partial charge in [0.1, 0.15) is 18.8 Å². The maximum Gasteiger partial charge on any atom is 0.317 e. The third kappa shape index (κ3) is 4.25. The summed E-state index contributed by atoms with van der Waals surface area (Å²) in [6, 6.07) is 6.58. The van der Waals surface area contributed by atoms with Crippen LogP contribution in [0.25, 0.3) is 10.9 Å². The van der Waals surface area contributed by atoms with Gasteiger partial charge in [0.15, 0.2) is 17.3 Å². The van der Waals surface area contributed by atoms with E-state index in [1.165, 1.54) is 25.6 Å². The molecule has 3 heterocycles. The molecule has 11 heteroatoms. The average molecular weight is 506 g/mol. The summed E-state index contributed by atoms with van der Waals surface area (Å²) in [6.07, 6.45) is 4.27. The Labute approximate surface area is 205 Å². The number of nitrogens with zero attached hydrogens (tertiary/aromatic N) is 3. The second-order valence-corrected chi connectivity index (χ2v) is 9.06. The number of ether oxygens (including phenoxy) is 2. The average Bonchev–Trinajstić information content (AvgIpc) is 3.32. The maximum absolute atomic E-state index is 14.5. The van der Waals surface area contributed by atoms with Crippen LogP contribution in [0, 0.1) is 5.82 Å². The zero-order chi connectivity index (χ0) is 23.8. The van der Waals surface area contributed by atoms with Crippen molar-refractivity contribution in [3.63, 3.8) is 0 Å². The van der Waals surface area contributed by atoms with Crippen LogP contribution in [-0.2, 0) is 0 Å². The van der Waals surface area contributed by atoms with E-state index in [1.54, 1.807) is 12.1 Å². The summed E-state index contributed by atoms with van der Waals surface area (Å²) in [5.41, 5.74) is 0.700. The number of benzene rings is 2. The van der Waals surface area contributed by atoms with Crippen molar-refractivity contribution in [2.24, 2.45) is 0 Å². The molecular formula is C23H22Cl2FN5O3. The van der Waals surface area contributed by atoms with E-state index in [4.69, 9.17) is 32.7 Å². The molecule has 2 aromatic carbocycles. The van der Waals surface area contributed by atoms with Crippen LogP contribution in [0.1, 0.15) is 19.3 Å². The van der Waals surface area contributed by atoms with E-state index in [2.05, 4.69) is 20.6 Å². The number of halogens is 3. The number of urea groups is 1. The number of amides is 2. The van der Waals surface area contributed by atoms with Crippen molar-refractivity contribution in [3.8, 4) is 11.5 Å². The van der Waals surface area contributed by atoms with Gasteiger partial charge in [-0.15, -0.1) is 0 Å². The molecule has 2 atom stereocenters. The van der Waals surface area contributed by atoms with Crippen molar-refractivity contribution in [2.75, 3.05) is 25.6 Å². The van der Waals surface area contributed by atoms with Crippen LogP contribution in [0.4, 0.5) is 20.7 Å². The molecule has 2 aliphatic heterocycles. The summed E-state index contributed by atoms with van der Waals surface area (Å²) in [7, 11) is 1.53. The zero-order valence-corrected chi connectivity index (χ0v) is 19.8. The molecule has 5 rings (SSSR count). The fourth-order valence-electron chi connectivity index (χ4n) is 4.48. The van der Waals surface area contributed by atoms with Crippen LogP contribution < -0.4 is 20.1 Å². The van der Waals surface area contributed by atoms with Crippen molar-refractivity contribution < 1.29 is 18.7 Å². The van der Waals surface area contributed by atoms with Gasteiger partial charge < -0.3 is 25.0 Å². The lowest BCUT2D eigenvalue weighted by atomic mass is 10.0. The number of carbonyl (C=O) groups excluding carboxylic acids is 1. The van der Waals surface area contributed by atoms with E-state index in [-0.39, 0.29) is 33.8 Å². The van der Waals surface area contributed by atoms with Crippen molar-refractivity contribution >= 4 is 51.6 Å². The van der Waals surface area contributed by atoms with Gasteiger partial charge in [-0.3, -0.25) is 0 Å². The number of hydrogen-bond donors (Lipinski definition) is 2. The Kier molecular flexibility index (Phi) is 6.22. The second kappa shape index (κ2) is 9.31. The number of aromatic nitrogens is 2. The zero-order valence-electron chi connectivity index (χ0n) is 18.3. The van der Waals surface area contributed by atoms with Crippen LogP contribution in [-0.4, -0.2) is 53.2 Å². The minimum atomic E-state index is -0.678. The number of methoxy groups -OCH3 is 1. The molecule has 0 spiro atoms. The number of nitrogens with one attached hydrogen (secondary N) is 2. The highest BCUT2D eigenvalue weighted by atomic mass is 35.5. The van der Waals surface area contributed by atoms with Gasteiger partial charge in [-0.1, -0.05) is 23.2 Å². The first-order chi connectivity index (χ1) is 16.4. The number of rotatable bonds is 6. The summed E-state index contributed by atoms with van der Waals surface area (Å²) in [6.45, 7) is 1.12. The predicted octanol–water partition coefficient (Wildman–Crippen LogP) is 5.15. The normalized spacial score (nSPS) is 19.6. The highest BCUT2D eigenvalue weighted by molar-refractivity contribution is 6.42. The van der Waals surface area contributed by atoms with Gasteiger partial charge >= 0.3 is 6.03 Å². The summed E-state index contributed by atoms with van der Waals surface area (Å²) in [5.74, 6) is 0.643. The first kappa shape index (κ1) is 22.7. The Morgan fingerprint density at radius 3 is 2.94 bits per heavy atom. The smallest absolute Gasteiger partial charge is 0.317 e. The lowest BCUT2D eigenvalue weighted by Crippen LogP contribution is -2.55. The van der Waals surface area contributed by atoms with E-state index in [0.717, 1.165) is 25.8 Å². The molecule has 178 valence electrons. The van der Waals surface area contributed by atoms with Crippen LogP contribution in [0.3, 0.4) is 0 Å². The third-order valence-electron chi connectivity index (χ3n) is 6.17. The third-order valence-corrected chi connectivity index (χ3v) is 6.95. The topological polar surface area (TPSA) is 88.6 Å². The number of anilines is 2. The standard InChI is InChI=1S/C23H22Cl2FN5O3/c1-33-18-8-14-17(27-11-28-22(14)30-16-5-4-15(24)20(25)21(16)26)9-19(18)34-10-12-7-13-3-2-6-31(13)23(32)29-12/h4-5,8-9,11-13H,2-3,6-7,10H2,1H3,(H,29,32)(H,27,28,30)/t12-,13-/m1/s1. The molecule has 0 radical (unpaired) electrons. The van der Waals surface area contributed by atoms with E-state index in [0.29, 0.717) is 34.8 Å². The molecule has 2 aliphatic rings. The van der Waals surface area contributed by atoms with Crippen molar-refractivity contribution in [1.29, 1.82) is 0 Å². The minimum Gasteiger partial charge on any atom is -0.493 e. The van der Waals surface area contributed by atoms with Gasteiger partial charge in [-0.2, -0.15) is 0 Å². The van der Waals surface area contributed by atoms with Crippen LogP contribution >= 0.6 is 23.2 Å². The van der Waals surface area contributed by atoms with Crippen LogP contribution in [0.15, 0.2) is 30.6 Å². The van der Waals surface area contributed by atoms with Gasteiger partial charge in [0, 0.05) is 24.0 Å². The molecule has 0 aliphatic carbocycles. The Bertz CT molecular complexity index is 1260. The molecule has 3 aromatic rings. The Morgan fingerprint density at radius 2 is 2.12 bits per heavy atom. The van der Waals surface area contributed by atoms with Gasteiger partial charge in [0.25, 0.3) is 0 Å². The molecule has 8 nitrogen and oxygen atoms in total. The lowest BCUT2D eigenvalue weighted by molar-refractivity contribution is 0.143. The quantitative estimate of drug-likeness (QED) is 0.450. The summed E-state index contributed by atoms with van der Waals surface area (Å²) in [4.78, 5) is 22.8. The van der Waals surface area contributed by atoms with Crippen molar-refractivity contribution in [2.45, 2.75) is 31.3 Å². The lowest BCUT2D eigenvalue weighted by Gasteiger charge is -2.35. The van der Waals surface area contributed by atoms with Gasteiger partial charge in [0.2, 0.25) is 0 Å². The Morgan fingerprint density at radius 1 is 1.26 bits per heavy atom. The number of fused-ring (bicyclic) bond motifs is 2. The molecule has 2 saturated heterocycles. The van der Waals surface area contributed by atoms with E-state index in [1.807, 2.05) is 4.90 Å². The highest BCUT2D eigenvalue weighted by Crippen LogP contribution is 2.37. The van der Waals surface area contributed by atoms with Gasteiger partial charge in [-0.25, -0.2) is 19.2 Å². The summed E-state index contributed by atoms with van der Waals surface area (Å²) in [5, 5.41) is 6.51. The summed E-state index contributed by atoms with van der Waals surface area (Å²) >= 11 is 11.8. The molecule has 2 fully saturated rings. The molecule has 2 N–H and O–H groups in total. The van der Waals surface area contributed by atoms with Gasteiger partial charge in [0.05, 0.1) is 34.4 Å². The SMILES string of the molecule is COc1cc2c(Nc3ccc(Cl)c(Cl)c3F)ncnc2cc1OC[C@H]1C[C@H]2CCCN2C(=O)N1. The fraction of sp³-hybridized carbons (Fsp3) is 0.348. The van der Waals surface area contributed by atoms with Crippen molar-refractivity contribution in [3.05, 3.63) is 46.5 Å². The summed E-state index contributed by atoms with van der Waals surface area (Å²) < 4.78 is 26.1. The molecule has 0 bridgehead atoms. The number of hydrogen-bond acceptors (Lipinski definition) is 6. The van der Waals surface area contributed by atoms with E-state index < -0.39 is 5.82 Å². The minimum absolute atomic E-state index is 0.0363. The monoisotopic (exact) mass is 505 g/mol. The predicted molar refractivity (Wildman–Crippen MR) is 128 cm³/mol.